The normalized spacial score (nSPS) is 13.7. The van der Waals surface area contributed by atoms with E-state index in [-0.39, 0.29) is 24.4 Å². The Morgan fingerprint density at radius 2 is 2.20 bits per heavy atom. The lowest BCUT2D eigenvalue weighted by molar-refractivity contribution is -0.0506. The van der Waals surface area contributed by atoms with Crippen molar-refractivity contribution in [3.8, 4) is 5.75 Å². The van der Waals surface area contributed by atoms with Crippen LogP contribution in [0.1, 0.15) is 17.2 Å². The van der Waals surface area contributed by atoms with Crippen LogP contribution in [-0.4, -0.2) is 38.9 Å². The summed E-state index contributed by atoms with van der Waals surface area (Å²) in [5.74, 6) is 0.251. The van der Waals surface area contributed by atoms with Gasteiger partial charge in [0.15, 0.2) is 0 Å². The monoisotopic (exact) mass is 355 g/mol. The lowest BCUT2D eigenvalue weighted by Gasteiger charge is -2.27. The average Bonchev–Trinajstić information content (AvgIpc) is 2.92. The Bertz CT molecular complexity index is 781. The first-order valence-electron chi connectivity index (χ1n) is 7.59. The minimum absolute atomic E-state index is 0.132. The molecule has 2 aromatic rings. The van der Waals surface area contributed by atoms with Crippen LogP contribution in [0.25, 0.3) is 0 Å². The van der Waals surface area contributed by atoms with Crippen LogP contribution >= 0.6 is 0 Å². The van der Waals surface area contributed by atoms with Crippen molar-refractivity contribution in [3.63, 3.8) is 0 Å². The molecule has 0 saturated carbocycles. The summed E-state index contributed by atoms with van der Waals surface area (Å²) in [5.41, 5.74) is -0.132. The van der Waals surface area contributed by atoms with E-state index in [0.29, 0.717) is 24.7 Å². The molecule has 1 aromatic carbocycles. The summed E-state index contributed by atoms with van der Waals surface area (Å²) in [6, 6.07) is 3.16. The number of nitrogens with zero attached hydrogens (tertiary/aromatic N) is 4. The SMILES string of the molecule is Cc1nc2n(n1)CCN(C(=O)NCc1c(F)cccc1OC(F)F)C2. The van der Waals surface area contributed by atoms with Gasteiger partial charge >= 0.3 is 12.6 Å². The topological polar surface area (TPSA) is 72.3 Å². The number of benzene rings is 1. The van der Waals surface area contributed by atoms with Gasteiger partial charge in [0, 0.05) is 12.1 Å². The van der Waals surface area contributed by atoms with E-state index in [1.807, 2.05) is 0 Å². The maximum absolute atomic E-state index is 13.9. The lowest BCUT2D eigenvalue weighted by Crippen LogP contribution is -2.44. The Morgan fingerprint density at radius 3 is 2.96 bits per heavy atom. The van der Waals surface area contributed by atoms with Gasteiger partial charge in [0.25, 0.3) is 0 Å². The van der Waals surface area contributed by atoms with Gasteiger partial charge in [-0.25, -0.2) is 18.9 Å². The molecule has 3 rings (SSSR count). The van der Waals surface area contributed by atoms with E-state index in [1.165, 1.54) is 17.0 Å². The first-order chi connectivity index (χ1) is 11.9. The van der Waals surface area contributed by atoms with Gasteiger partial charge in [-0.05, 0) is 19.1 Å². The van der Waals surface area contributed by atoms with Gasteiger partial charge in [0.05, 0.1) is 19.6 Å². The summed E-state index contributed by atoms with van der Waals surface area (Å²) in [7, 11) is 0. The van der Waals surface area contributed by atoms with Gasteiger partial charge in [-0.3, -0.25) is 0 Å². The number of amides is 2. The highest BCUT2D eigenvalue weighted by molar-refractivity contribution is 5.74. The molecule has 134 valence electrons. The average molecular weight is 355 g/mol. The largest absolute Gasteiger partial charge is 0.434 e. The second kappa shape index (κ2) is 6.99. The van der Waals surface area contributed by atoms with Gasteiger partial charge in [0.1, 0.15) is 23.2 Å². The maximum atomic E-state index is 13.9. The van der Waals surface area contributed by atoms with Gasteiger partial charge in [-0.2, -0.15) is 13.9 Å². The molecule has 25 heavy (non-hydrogen) atoms. The van der Waals surface area contributed by atoms with Gasteiger partial charge in [-0.1, -0.05) is 6.07 Å². The van der Waals surface area contributed by atoms with Crippen LogP contribution in [0.5, 0.6) is 5.75 Å². The highest BCUT2D eigenvalue weighted by Gasteiger charge is 2.23. The standard InChI is InChI=1S/C15H16F3N5O2/c1-9-20-13-8-22(5-6-23(13)21-9)15(24)19-7-10-11(16)3-2-4-12(10)25-14(17)18/h2-4,14H,5-8H2,1H3,(H,19,24). The van der Waals surface area contributed by atoms with Crippen LogP contribution in [-0.2, 0) is 19.6 Å². The summed E-state index contributed by atoms with van der Waals surface area (Å²) in [5, 5.41) is 6.72. The van der Waals surface area contributed by atoms with E-state index in [4.69, 9.17) is 0 Å². The summed E-state index contributed by atoms with van der Waals surface area (Å²) >= 11 is 0. The third-order valence-electron chi connectivity index (χ3n) is 3.76. The van der Waals surface area contributed by atoms with Crippen molar-refractivity contribution in [2.45, 2.75) is 33.2 Å². The smallest absolute Gasteiger partial charge is 0.387 e. The Labute approximate surface area is 141 Å². The van der Waals surface area contributed by atoms with Crippen molar-refractivity contribution < 1.29 is 22.7 Å². The number of hydrogen-bond acceptors (Lipinski definition) is 4. The molecule has 1 aromatic heterocycles. The Kier molecular flexibility index (Phi) is 4.77. The third kappa shape index (κ3) is 3.83. The number of carbonyl (C=O) groups excluding carboxylic acids is 1. The molecule has 0 radical (unpaired) electrons. The molecular weight excluding hydrogens is 339 g/mol. The quantitative estimate of drug-likeness (QED) is 0.911. The Morgan fingerprint density at radius 1 is 1.40 bits per heavy atom. The summed E-state index contributed by atoms with van der Waals surface area (Å²) in [6.45, 7) is -0.395. The molecule has 0 atom stereocenters. The summed E-state index contributed by atoms with van der Waals surface area (Å²) in [4.78, 5) is 18.0. The van der Waals surface area contributed by atoms with E-state index in [0.717, 1.165) is 6.07 Å². The first kappa shape index (κ1) is 17.1. The predicted octanol–water partition coefficient (Wildman–Crippen LogP) is 2.05. The number of nitrogens with one attached hydrogen (secondary N) is 1. The number of aromatic nitrogens is 3. The second-order valence-electron chi connectivity index (χ2n) is 5.47. The number of urea groups is 1. The van der Waals surface area contributed by atoms with Crippen LogP contribution in [0.2, 0.25) is 0 Å². The van der Waals surface area contributed by atoms with Crippen molar-refractivity contribution in [1.82, 2.24) is 25.0 Å². The zero-order chi connectivity index (χ0) is 18.0. The molecule has 7 nitrogen and oxygen atoms in total. The lowest BCUT2D eigenvalue weighted by atomic mass is 10.2. The van der Waals surface area contributed by atoms with Gasteiger partial charge in [-0.15, -0.1) is 0 Å². The first-order valence-corrected chi connectivity index (χ1v) is 7.59. The Hall–Kier alpha value is -2.78. The van der Waals surface area contributed by atoms with Crippen LogP contribution in [0.15, 0.2) is 18.2 Å². The van der Waals surface area contributed by atoms with Crippen molar-refractivity contribution in [2.24, 2.45) is 0 Å². The molecule has 2 amide bonds. The minimum atomic E-state index is -3.08. The van der Waals surface area contributed by atoms with Gasteiger partial charge in [0.2, 0.25) is 0 Å². The molecule has 10 heteroatoms. The number of halogens is 3. The van der Waals surface area contributed by atoms with Crippen LogP contribution in [0.4, 0.5) is 18.0 Å². The van der Waals surface area contributed by atoms with Crippen molar-refractivity contribution >= 4 is 6.03 Å². The molecule has 0 unspecified atom stereocenters. The minimum Gasteiger partial charge on any atom is -0.434 e. The number of carbonyl (C=O) groups is 1. The fraction of sp³-hybridized carbons (Fsp3) is 0.400. The molecule has 1 N–H and O–H groups in total. The highest BCUT2D eigenvalue weighted by Crippen LogP contribution is 2.23. The number of ether oxygens (including phenoxy) is 1. The number of fused-ring (bicyclic) bond motifs is 1. The molecule has 0 bridgehead atoms. The highest BCUT2D eigenvalue weighted by atomic mass is 19.3. The number of rotatable bonds is 4. The second-order valence-corrected chi connectivity index (χ2v) is 5.47. The van der Waals surface area contributed by atoms with Crippen LogP contribution in [0.3, 0.4) is 0 Å². The van der Waals surface area contributed by atoms with Crippen molar-refractivity contribution in [3.05, 3.63) is 41.2 Å². The van der Waals surface area contributed by atoms with Gasteiger partial charge < -0.3 is 15.0 Å². The van der Waals surface area contributed by atoms with E-state index in [2.05, 4.69) is 20.1 Å². The fourth-order valence-corrected chi connectivity index (χ4v) is 2.63. The number of aryl methyl sites for hydroxylation is 1. The predicted molar refractivity (Wildman–Crippen MR) is 80.4 cm³/mol. The molecule has 1 aliphatic rings. The molecule has 0 aliphatic carbocycles. The zero-order valence-corrected chi connectivity index (χ0v) is 13.4. The zero-order valence-electron chi connectivity index (χ0n) is 13.4. The fourth-order valence-electron chi connectivity index (χ4n) is 2.63. The third-order valence-corrected chi connectivity index (χ3v) is 3.76. The van der Waals surface area contributed by atoms with Crippen molar-refractivity contribution in [1.29, 1.82) is 0 Å². The van der Waals surface area contributed by atoms with Crippen LogP contribution in [0, 0.1) is 12.7 Å². The number of hydrogen-bond donors (Lipinski definition) is 1. The van der Waals surface area contributed by atoms with E-state index in [1.54, 1.807) is 11.6 Å². The van der Waals surface area contributed by atoms with E-state index >= 15 is 0 Å². The summed E-state index contributed by atoms with van der Waals surface area (Å²) < 4.78 is 44.7. The molecule has 0 spiro atoms. The molecule has 1 aliphatic heterocycles. The van der Waals surface area contributed by atoms with Crippen molar-refractivity contribution in [2.75, 3.05) is 6.54 Å². The molecular formula is C15H16F3N5O2. The summed E-state index contributed by atoms with van der Waals surface area (Å²) in [6.07, 6.45) is 0. The molecule has 2 heterocycles. The Balaban J connectivity index is 1.65. The number of alkyl halides is 2. The molecule has 0 fully saturated rings. The van der Waals surface area contributed by atoms with E-state index in [9.17, 15) is 18.0 Å². The van der Waals surface area contributed by atoms with E-state index < -0.39 is 18.5 Å². The van der Waals surface area contributed by atoms with Crippen LogP contribution < -0.4 is 10.1 Å². The molecule has 0 saturated heterocycles. The maximum Gasteiger partial charge on any atom is 0.387 e.